The normalized spacial score (nSPS) is 10.6. The van der Waals surface area contributed by atoms with E-state index in [0.717, 1.165) is 0 Å². The van der Waals surface area contributed by atoms with E-state index in [9.17, 15) is 13.6 Å². The molecule has 0 radical (unpaired) electrons. The van der Waals surface area contributed by atoms with Crippen molar-refractivity contribution in [2.45, 2.75) is 18.2 Å². The molecule has 0 spiro atoms. The molecule has 7 heteroatoms. The Morgan fingerprint density at radius 3 is 2.76 bits per heavy atom. The summed E-state index contributed by atoms with van der Waals surface area (Å²) in [6.45, 7) is 0. The molecule has 94 valence electrons. The van der Waals surface area contributed by atoms with Crippen molar-refractivity contribution in [3.8, 4) is 0 Å². The molecule has 0 aliphatic heterocycles. The highest BCUT2D eigenvalue weighted by Gasteiger charge is 2.20. The number of alkyl halides is 3. The second-order valence-electron chi connectivity index (χ2n) is 3.25. The molecule has 0 aliphatic rings. The van der Waals surface area contributed by atoms with Gasteiger partial charge in [0.05, 0.1) is 19.2 Å². The van der Waals surface area contributed by atoms with Gasteiger partial charge in [0.1, 0.15) is 5.69 Å². The summed E-state index contributed by atoms with van der Waals surface area (Å²) in [6, 6.07) is 0. The fourth-order valence-corrected chi connectivity index (χ4v) is 1.82. The largest absolute Gasteiger partial charge is 0.469 e. The summed E-state index contributed by atoms with van der Waals surface area (Å²) in [6.07, 6.45) is -1.63. The predicted octanol–water partition coefficient (Wildman–Crippen LogP) is 2.21. The minimum absolute atomic E-state index is 0.147. The van der Waals surface area contributed by atoms with E-state index in [0.29, 0.717) is 16.5 Å². The summed E-state index contributed by atoms with van der Waals surface area (Å²) >= 11 is 3.18. The molecule has 2 N–H and O–H groups in total. The maximum Gasteiger partial charge on any atom is 0.310 e. The fourth-order valence-electron chi connectivity index (χ4n) is 1.34. The number of halogens is 3. The maximum absolute atomic E-state index is 12.6. The van der Waals surface area contributed by atoms with Gasteiger partial charge in [-0.2, -0.15) is 0 Å². The average molecular weight is 309 g/mol. The molecular formula is C10H11BrF2N2O2. The highest BCUT2D eigenvalue weighted by atomic mass is 79.9. The number of hydrogen-bond acceptors (Lipinski definition) is 4. The fraction of sp³-hybridized carbons (Fsp3) is 0.400. The summed E-state index contributed by atoms with van der Waals surface area (Å²) in [5, 5.41) is 0.375. The van der Waals surface area contributed by atoms with Gasteiger partial charge in [-0.15, -0.1) is 0 Å². The second-order valence-corrected chi connectivity index (χ2v) is 3.81. The van der Waals surface area contributed by atoms with Crippen LogP contribution >= 0.6 is 15.9 Å². The number of carbonyl (C=O) groups excluding carboxylic acids is 1. The van der Waals surface area contributed by atoms with Gasteiger partial charge in [-0.05, 0) is 11.1 Å². The van der Waals surface area contributed by atoms with Gasteiger partial charge in [-0.1, -0.05) is 15.9 Å². The van der Waals surface area contributed by atoms with Crippen LogP contribution in [0.4, 0.5) is 14.5 Å². The SMILES string of the molecule is COC(=O)Cc1c(CBr)cnc(C(F)F)c1N. The molecule has 1 rings (SSSR count). The Bertz CT molecular complexity index is 427. The minimum atomic E-state index is -2.77. The number of aromatic nitrogens is 1. The highest BCUT2D eigenvalue weighted by molar-refractivity contribution is 9.08. The average Bonchev–Trinajstić information content (AvgIpc) is 2.30. The Labute approximate surface area is 105 Å². The van der Waals surface area contributed by atoms with E-state index in [-0.39, 0.29) is 12.1 Å². The Balaban J connectivity index is 3.22. The van der Waals surface area contributed by atoms with E-state index in [1.54, 1.807) is 0 Å². The predicted molar refractivity (Wildman–Crippen MR) is 62.0 cm³/mol. The van der Waals surface area contributed by atoms with Crippen LogP contribution in [0.3, 0.4) is 0 Å². The molecule has 1 aromatic heterocycles. The van der Waals surface area contributed by atoms with Crippen molar-refractivity contribution in [1.29, 1.82) is 0 Å². The Hall–Kier alpha value is -1.24. The first kappa shape index (κ1) is 13.8. The number of hydrogen-bond donors (Lipinski definition) is 1. The van der Waals surface area contributed by atoms with Crippen LogP contribution < -0.4 is 5.73 Å². The minimum Gasteiger partial charge on any atom is -0.469 e. The summed E-state index contributed by atoms with van der Waals surface area (Å²) < 4.78 is 29.7. The molecule has 0 fully saturated rings. The van der Waals surface area contributed by atoms with Gasteiger partial charge in [0.25, 0.3) is 6.43 Å². The van der Waals surface area contributed by atoms with Crippen molar-refractivity contribution in [3.63, 3.8) is 0 Å². The van der Waals surface area contributed by atoms with Crippen LogP contribution in [-0.2, 0) is 21.3 Å². The van der Waals surface area contributed by atoms with E-state index in [2.05, 4.69) is 25.7 Å². The summed E-state index contributed by atoms with van der Waals surface area (Å²) in [7, 11) is 1.22. The van der Waals surface area contributed by atoms with Gasteiger partial charge < -0.3 is 10.5 Å². The summed E-state index contributed by atoms with van der Waals surface area (Å²) in [5.74, 6) is -0.537. The molecule has 4 nitrogen and oxygen atoms in total. The smallest absolute Gasteiger partial charge is 0.310 e. The number of nitrogens with two attached hydrogens (primary N) is 1. The van der Waals surface area contributed by atoms with E-state index in [1.807, 2.05) is 0 Å². The third-order valence-corrected chi connectivity index (χ3v) is 2.85. The third-order valence-electron chi connectivity index (χ3n) is 2.25. The number of pyridine rings is 1. The first-order valence-corrected chi connectivity index (χ1v) is 5.80. The van der Waals surface area contributed by atoms with Crippen LogP contribution in [0.25, 0.3) is 0 Å². The lowest BCUT2D eigenvalue weighted by Crippen LogP contribution is -2.12. The van der Waals surface area contributed by atoms with Crippen molar-refractivity contribution in [2.75, 3.05) is 12.8 Å². The number of rotatable bonds is 4. The molecule has 0 aliphatic carbocycles. The molecule has 0 saturated heterocycles. The zero-order chi connectivity index (χ0) is 13.0. The number of methoxy groups -OCH3 is 1. The van der Waals surface area contributed by atoms with Gasteiger partial charge in [0, 0.05) is 11.5 Å². The second kappa shape index (κ2) is 5.90. The summed E-state index contributed by atoms with van der Waals surface area (Å²) in [5.41, 5.74) is 5.86. The third kappa shape index (κ3) is 3.12. The van der Waals surface area contributed by atoms with Gasteiger partial charge >= 0.3 is 5.97 Å². The first-order valence-electron chi connectivity index (χ1n) is 4.68. The number of nitrogen functional groups attached to an aromatic ring is 1. The quantitative estimate of drug-likeness (QED) is 0.684. The van der Waals surface area contributed by atoms with Crippen molar-refractivity contribution < 1.29 is 18.3 Å². The molecule has 0 unspecified atom stereocenters. The zero-order valence-corrected chi connectivity index (χ0v) is 10.6. The number of anilines is 1. The zero-order valence-electron chi connectivity index (χ0n) is 9.04. The maximum atomic E-state index is 12.6. The Morgan fingerprint density at radius 2 is 2.29 bits per heavy atom. The van der Waals surface area contributed by atoms with E-state index < -0.39 is 18.1 Å². The molecule has 17 heavy (non-hydrogen) atoms. The van der Waals surface area contributed by atoms with Crippen molar-refractivity contribution >= 4 is 27.6 Å². The molecule has 0 atom stereocenters. The molecule has 1 heterocycles. The van der Waals surface area contributed by atoms with Gasteiger partial charge in [0.15, 0.2) is 0 Å². The molecular weight excluding hydrogens is 298 g/mol. The standard InChI is InChI=1S/C10H11BrF2N2O2/c1-17-7(16)2-6-5(3-11)4-15-9(8(6)14)10(12)13/h4,10H,2-3,14H2,1H3. The van der Waals surface area contributed by atoms with Crippen molar-refractivity contribution in [1.82, 2.24) is 4.98 Å². The van der Waals surface area contributed by atoms with Crippen LogP contribution in [0.5, 0.6) is 0 Å². The van der Waals surface area contributed by atoms with Crippen LogP contribution in [-0.4, -0.2) is 18.1 Å². The Morgan fingerprint density at radius 1 is 1.65 bits per heavy atom. The van der Waals surface area contributed by atoms with Gasteiger partial charge in [-0.25, -0.2) is 8.78 Å². The first-order chi connectivity index (χ1) is 8.01. The lowest BCUT2D eigenvalue weighted by molar-refractivity contribution is -0.139. The van der Waals surface area contributed by atoms with Gasteiger partial charge in [0.2, 0.25) is 0 Å². The topological polar surface area (TPSA) is 65.2 Å². The lowest BCUT2D eigenvalue weighted by Gasteiger charge is -2.12. The Kier molecular flexibility index (Phi) is 4.80. The molecule has 0 bridgehead atoms. The number of esters is 1. The molecule has 1 aromatic rings. The lowest BCUT2D eigenvalue weighted by atomic mass is 10.0. The number of nitrogens with zero attached hydrogens (tertiary/aromatic N) is 1. The molecule has 0 aromatic carbocycles. The van der Waals surface area contributed by atoms with Crippen molar-refractivity contribution in [3.05, 3.63) is 23.0 Å². The van der Waals surface area contributed by atoms with Crippen LogP contribution in [0, 0.1) is 0 Å². The molecule has 0 amide bonds. The van der Waals surface area contributed by atoms with Crippen molar-refractivity contribution in [2.24, 2.45) is 0 Å². The number of carbonyl (C=O) groups is 1. The van der Waals surface area contributed by atoms with E-state index in [1.165, 1.54) is 13.3 Å². The van der Waals surface area contributed by atoms with Crippen LogP contribution in [0.15, 0.2) is 6.20 Å². The van der Waals surface area contributed by atoms with E-state index >= 15 is 0 Å². The summed E-state index contributed by atoms with van der Waals surface area (Å²) in [4.78, 5) is 14.8. The number of ether oxygens (including phenoxy) is 1. The molecule has 0 saturated carbocycles. The van der Waals surface area contributed by atoms with E-state index in [4.69, 9.17) is 5.73 Å². The highest BCUT2D eigenvalue weighted by Crippen LogP contribution is 2.29. The van der Waals surface area contributed by atoms with Crippen LogP contribution in [0.2, 0.25) is 0 Å². The van der Waals surface area contributed by atoms with Gasteiger partial charge in [-0.3, -0.25) is 9.78 Å². The van der Waals surface area contributed by atoms with Crippen LogP contribution in [0.1, 0.15) is 23.2 Å². The monoisotopic (exact) mass is 308 g/mol.